The Balaban J connectivity index is 1.63. The number of ether oxygens (including phenoxy) is 3. The van der Waals surface area contributed by atoms with Gasteiger partial charge in [-0.05, 0) is 86.2 Å². The molecule has 0 atom stereocenters. The summed E-state index contributed by atoms with van der Waals surface area (Å²) < 4.78 is 49.2. The van der Waals surface area contributed by atoms with Crippen molar-refractivity contribution in [1.82, 2.24) is 0 Å². The van der Waals surface area contributed by atoms with Crippen LogP contribution >= 0.6 is 0 Å². The van der Waals surface area contributed by atoms with Crippen LogP contribution in [0, 0.1) is 11.6 Å². The van der Waals surface area contributed by atoms with Crippen LogP contribution in [0.2, 0.25) is 24.7 Å². The molecule has 0 spiro atoms. The fraction of sp³-hybridized carbons (Fsp3) is 0.467. The summed E-state index contributed by atoms with van der Waals surface area (Å²) in [6, 6.07) is 15.6. The Morgan fingerprint density at radius 2 is 1.31 bits per heavy atom. The summed E-state index contributed by atoms with van der Waals surface area (Å²) >= 11 is 0. The van der Waals surface area contributed by atoms with Crippen LogP contribution < -0.4 is 4.74 Å². The molecule has 292 valence electrons. The highest BCUT2D eigenvalue weighted by molar-refractivity contribution is 6.78. The molecule has 1 N–H and O–H groups in total. The highest BCUT2D eigenvalue weighted by Gasteiger charge is 2.34. The lowest BCUT2D eigenvalue weighted by Crippen LogP contribution is -2.34. The third-order valence-electron chi connectivity index (χ3n) is 10.8. The fourth-order valence-corrected chi connectivity index (χ4v) is 11.0. The number of carbonyl (C=O) groups excluding carboxylic acids is 2. The molecule has 3 aromatic rings. The molecule has 54 heavy (non-hydrogen) atoms. The van der Waals surface area contributed by atoms with Crippen molar-refractivity contribution in [3.8, 4) is 28.0 Å². The zero-order valence-electron chi connectivity index (χ0n) is 32.8. The average Bonchev–Trinajstić information content (AvgIpc) is 3.16. The van der Waals surface area contributed by atoms with Gasteiger partial charge in [0.1, 0.15) is 19.0 Å². The molecule has 1 saturated carbocycles. The van der Waals surface area contributed by atoms with E-state index in [1.807, 2.05) is 12.1 Å². The molecule has 6 nitrogen and oxygen atoms in total. The van der Waals surface area contributed by atoms with Crippen LogP contribution in [-0.4, -0.2) is 38.3 Å². The lowest BCUT2D eigenvalue weighted by Gasteiger charge is -2.38. The van der Waals surface area contributed by atoms with E-state index < -0.39 is 31.6 Å². The van der Waals surface area contributed by atoms with Crippen molar-refractivity contribution < 1.29 is 37.7 Å². The summed E-state index contributed by atoms with van der Waals surface area (Å²) in [7, 11) is -1.23. The molecule has 0 unspecified atom stereocenters. The standard InChI is InChI=1S/C45H58F2O6Si/c1-8-9-25-54(6,7)38-19-17-33(18-20-38)32-13-15-34(16-14-32)39-21-22-40(42(47)41(39)46)35-26-36(28-52-44(49)30(2)3)43(51-24-12-10-11-23-48)37(27-35)29-53-45(50)31(4)5/h13-16,21-22,26-27,33,38,48H,2,4,8-12,17-20,23-25,28-29H2,1,3,5-7H3. The summed E-state index contributed by atoms with van der Waals surface area (Å²) in [5.74, 6) is -2.47. The highest BCUT2D eigenvalue weighted by Crippen LogP contribution is 2.45. The van der Waals surface area contributed by atoms with Gasteiger partial charge >= 0.3 is 11.9 Å². The van der Waals surface area contributed by atoms with Crippen LogP contribution in [0.1, 0.15) is 101 Å². The van der Waals surface area contributed by atoms with Crippen molar-refractivity contribution in [3.63, 3.8) is 0 Å². The Labute approximate surface area is 321 Å². The van der Waals surface area contributed by atoms with E-state index in [9.17, 15) is 9.59 Å². The van der Waals surface area contributed by atoms with Gasteiger partial charge < -0.3 is 19.3 Å². The van der Waals surface area contributed by atoms with Crippen molar-refractivity contribution in [2.24, 2.45) is 0 Å². The topological polar surface area (TPSA) is 82.1 Å². The quantitative estimate of drug-likeness (QED) is 0.0567. The minimum Gasteiger partial charge on any atom is -0.493 e. The molecule has 0 radical (unpaired) electrons. The summed E-state index contributed by atoms with van der Waals surface area (Å²) in [4.78, 5) is 24.8. The number of aliphatic hydroxyl groups excluding tert-OH is 1. The third-order valence-corrected chi connectivity index (χ3v) is 15.2. The normalized spacial score (nSPS) is 15.8. The molecular weight excluding hydrogens is 703 g/mol. The van der Waals surface area contributed by atoms with Crippen molar-refractivity contribution in [2.75, 3.05) is 13.2 Å². The average molecular weight is 761 g/mol. The maximum Gasteiger partial charge on any atom is 0.333 e. The molecule has 3 aromatic carbocycles. The zero-order chi connectivity index (χ0) is 39.4. The van der Waals surface area contributed by atoms with Gasteiger partial charge in [0.25, 0.3) is 0 Å². The van der Waals surface area contributed by atoms with E-state index in [-0.39, 0.29) is 48.7 Å². The molecule has 0 amide bonds. The Morgan fingerprint density at radius 1 is 0.778 bits per heavy atom. The van der Waals surface area contributed by atoms with Crippen molar-refractivity contribution in [3.05, 3.63) is 101 Å². The van der Waals surface area contributed by atoms with Gasteiger partial charge in [0.2, 0.25) is 0 Å². The number of rotatable bonds is 19. The van der Waals surface area contributed by atoms with Gasteiger partial charge in [0, 0.05) is 40.0 Å². The Morgan fingerprint density at radius 3 is 1.81 bits per heavy atom. The number of unbranched alkanes of at least 4 members (excludes halogenated alkanes) is 3. The molecule has 1 aliphatic carbocycles. The molecule has 9 heteroatoms. The van der Waals surface area contributed by atoms with Crippen LogP contribution in [0.3, 0.4) is 0 Å². The summed E-state index contributed by atoms with van der Waals surface area (Å²) in [5.41, 5.74) is 4.30. The van der Waals surface area contributed by atoms with E-state index in [1.54, 1.807) is 18.2 Å². The van der Waals surface area contributed by atoms with Crippen LogP contribution in [0.5, 0.6) is 5.75 Å². The molecule has 0 bridgehead atoms. The van der Waals surface area contributed by atoms with Crippen LogP contribution in [0.4, 0.5) is 8.78 Å². The van der Waals surface area contributed by atoms with E-state index >= 15 is 8.78 Å². The largest absolute Gasteiger partial charge is 0.493 e. The molecule has 0 saturated heterocycles. The van der Waals surface area contributed by atoms with Gasteiger partial charge in [0.15, 0.2) is 11.6 Å². The van der Waals surface area contributed by atoms with Gasteiger partial charge in [-0.25, -0.2) is 18.4 Å². The van der Waals surface area contributed by atoms with Crippen molar-refractivity contribution in [1.29, 1.82) is 0 Å². The Kier molecular flexibility index (Phi) is 15.8. The molecule has 0 aromatic heterocycles. The zero-order valence-corrected chi connectivity index (χ0v) is 33.8. The molecular formula is C45H58F2O6Si. The second-order valence-corrected chi connectivity index (χ2v) is 20.8. The van der Waals surface area contributed by atoms with Gasteiger partial charge in [-0.1, -0.05) is 101 Å². The van der Waals surface area contributed by atoms with Crippen LogP contribution in [-0.2, 0) is 32.3 Å². The lowest BCUT2D eigenvalue weighted by atomic mass is 9.83. The smallest absolute Gasteiger partial charge is 0.333 e. The van der Waals surface area contributed by atoms with E-state index in [4.69, 9.17) is 19.3 Å². The van der Waals surface area contributed by atoms with Gasteiger partial charge in [0.05, 0.1) is 14.7 Å². The first-order chi connectivity index (χ1) is 25.8. The summed E-state index contributed by atoms with van der Waals surface area (Å²) in [5, 5.41) is 9.17. The number of benzene rings is 3. The fourth-order valence-electron chi connectivity index (χ4n) is 7.38. The van der Waals surface area contributed by atoms with E-state index in [0.717, 1.165) is 5.54 Å². The Hall–Kier alpha value is -4.08. The van der Waals surface area contributed by atoms with Crippen molar-refractivity contribution >= 4 is 20.0 Å². The van der Waals surface area contributed by atoms with Gasteiger partial charge in [-0.2, -0.15) is 0 Å². The molecule has 1 fully saturated rings. The number of carbonyl (C=O) groups is 2. The maximum absolute atomic E-state index is 16.1. The number of esters is 2. The van der Waals surface area contributed by atoms with Gasteiger partial charge in [-0.3, -0.25) is 0 Å². The predicted molar refractivity (Wildman–Crippen MR) is 215 cm³/mol. The number of hydrogen-bond acceptors (Lipinski definition) is 6. The first-order valence-electron chi connectivity index (χ1n) is 19.4. The SMILES string of the molecule is C=C(C)C(=O)OCc1cc(-c2ccc(-c3ccc(C4CCC([Si](C)(C)CCCC)CC4)cc3)c(F)c2F)cc(COC(=O)C(=C)C)c1OCCCCCO. The summed E-state index contributed by atoms with van der Waals surface area (Å²) in [6.07, 6.45) is 9.41. The summed E-state index contributed by atoms with van der Waals surface area (Å²) in [6.45, 7) is 17.5. The lowest BCUT2D eigenvalue weighted by molar-refractivity contribution is -0.140. The predicted octanol–water partition coefficient (Wildman–Crippen LogP) is 11.6. The van der Waals surface area contributed by atoms with E-state index in [2.05, 4.69) is 45.3 Å². The Bertz CT molecular complexity index is 1720. The minimum atomic E-state index is -1.23. The second-order valence-electron chi connectivity index (χ2n) is 15.5. The molecule has 0 aliphatic heterocycles. The van der Waals surface area contributed by atoms with E-state index in [1.165, 1.54) is 70.0 Å². The van der Waals surface area contributed by atoms with Gasteiger partial charge in [-0.15, -0.1) is 0 Å². The molecule has 0 heterocycles. The third kappa shape index (κ3) is 11.2. The number of halogens is 2. The minimum absolute atomic E-state index is 0.00973. The van der Waals surface area contributed by atoms with Crippen LogP contribution in [0.15, 0.2) is 72.8 Å². The first-order valence-corrected chi connectivity index (χ1v) is 22.7. The van der Waals surface area contributed by atoms with E-state index in [0.29, 0.717) is 53.2 Å². The number of hydrogen-bond donors (Lipinski definition) is 1. The number of aliphatic hydroxyl groups is 1. The highest BCUT2D eigenvalue weighted by atomic mass is 28.3. The molecule has 1 aliphatic rings. The van der Waals surface area contributed by atoms with Crippen LogP contribution in [0.25, 0.3) is 22.3 Å². The first kappa shape index (κ1) is 42.7. The van der Waals surface area contributed by atoms with Crippen molar-refractivity contribution in [2.45, 2.75) is 122 Å². The second kappa shape index (κ2) is 20.0. The molecule has 4 rings (SSSR count). The maximum atomic E-state index is 16.1. The monoisotopic (exact) mass is 760 g/mol.